The summed E-state index contributed by atoms with van der Waals surface area (Å²) in [5, 5.41) is 3.11. The lowest BCUT2D eigenvalue weighted by Crippen LogP contribution is -2.08. The Morgan fingerprint density at radius 3 is 2.88 bits per heavy atom. The van der Waals surface area contributed by atoms with Crippen LogP contribution in [0.1, 0.15) is 5.56 Å². The number of nitrogens with zero attached hydrogens (tertiary/aromatic N) is 1. The van der Waals surface area contributed by atoms with Gasteiger partial charge in [0.2, 0.25) is 0 Å². The average Bonchev–Trinajstić information content (AvgIpc) is 2.35. The molecule has 2 rings (SSSR count). The molecular formula is C12H13FN4. The van der Waals surface area contributed by atoms with Gasteiger partial charge in [-0.2, -0.15) is 0 Å². The lowest BCUT2D eigenvalue weighted by molar-refractivity contribution is 0.619. The van der Waals surface area contributed by atoms with Gasteiger partial charge < -0.3 is 10.7 Å². The number of nitrogens with one attached hydrogen (secondary N) is 2. The third-order valence-corrected chi connectivity index (χ3v) is 2.45. The zero-order valence-corrected chi connectivity index (χ0v) is 9.37. The quantitative estimate of drug-likeness (QED) is 0.562. The van der Waals surface area contributed by atoms with Crippen molar-refractivity contribution in [1.82, 2.24) is 4.98 Å². The summed E-state index contributed by atoms with van der Waals surface area (Å²) in [4.78, 5) is 3.99. The largest absolute Gasteiger partial charge is 0.355 e. The first-order chi connectivity index (χ1) is 8.20. The van der Waals surface area contributed by atoms with Crippen molar-refractivity contribution in [1.29, 1.82) is 0 Å². The van der Waals surface area contributed by atoms with Crippen LogP contribution in [0.4, 0.5) is 21.6 Å². The van der Waals surface area contributed by atoms with Crippen LogP contribution in [0.25, 0.3) is 0 Å². The molecule has 1 aromatic heterocycles. The number of aromatic nitrogens is 1. The molecule has 1 heterocycles. The van der Waals surface area contributed by atoms with Crippen molar-refractivity contribution in [2.24, 2.45) is 5.84 Å². The summed E-state index contributed by atoms with van der Waals surface area (Å²) in [7, 11) is 0. The normalized spacial score (nSPS) is 10.1. The molecule has 0 saturated heterocycles. The van der Waals surface area contributed by atoms with Crippen LogP contribution >= 0.6 is 0 Å². The summed E-state index contributed by atoms with van der Waals surface area (Å²) < 4.78 is 13.3. The van der Waals surface area contributed by atoms with E-state index < -0.39 is 0 Å². The molecule has 0 amide bonds. The van der Waals surface area contributed by atoms with Crippen LogP contribution in [-0.4, -0.2) is 4.98 Å². The summed E-state index contributed by atoms with van der Waals surface area (Å²) >= 11 is 0. The Balaban J connectivity index is 2.28. The Labute approximate surface area is 98.6 Å². The number of anilines is 3. The van der Waals surface area contributed by atoms with Crippen molar-refractivity contribution >= 4 is 17.2 Å². The van der Waals surface area contributed by atoms with Gasteiger partial charge >= 0.3 is 0 Å². The van der Waals surface area contributed by atoms with Gasteiger partial charge in [0.15, 0.2) is 0 Å². The third-order valence-electron chi connectivity index (χ3n) is 2.45. The van der Waals surface area contributed by atoms with Gasteiger partial charge in [-0.3, -0.25) is 0 Å². The summed E-state index contributed by atoms with van der Waals surface area (Å²) in [6, 6.07) is 8.43. The molecule has 0 bridgehead atoms. The maximum absolute atomic E-state index is 13.3. The molecule has 1 aromatic carbocycles. The van der Waals surface area contributed by atoms with Crippen molar-refractivity contribution in [3.63, 3.8) is 0 Å². The van der Waals surface area contributed by atoms with Crippen LogP contribution in [0.5, 0.6) is 0 Å². The first kappa shape index (κ1) is 11.3. The highest BCUT2D eigenvalue weighted by atomic mass is 19.1. The number of hydrogen-bond donors (Lipinski definition) is 3. The number of benzene rings is 1. The maximum Gasteiger partial charge on any atom is 0.141 e. The molecule has 0 radical (unpaired) electrons. The monoisotopic (exact) mass is 232 g/mol. The van der Waals surface area contributed by atoms with Gasteiger partial charge in [-0.25, -0.2) is 15.2 Å². The van der Waals surface area contributed by atoms with Gasteiger partial charge in [0, 0.05) is 29.2 Å². The molecule has 17 heavy (non-hydrogen) atoms. The fourth-order valence-electron chi connectivity index (χ4n) is 1.49. The highest BCUT2D eigenvalue weighted by Gasteiger charge is 2.03. The summed E-state index contributed by atoms with van der Waals surface area (Å²) in [6.07, 6.45) is 1.62. The van der Waals surface area contributed by atoms with Crippen molar-refractivity contribution in [2.45, 2.75) is 6.92 Å². The zero-order chi connectivity index (χ0) is 12.3. The fraction of sp³-hybridized carbons (Fsp3) is 0.0833. The molecule has 5 heteroatoms. The van der Waals surface area contributed by atoms with Crippen molar-refractivity contribution < 1.29 is 4.39 Å². The SMILES string of the molecule is Cc1c(F)cccc1Nc1ccnc(NN)c1. The van der Waals surface area contributed by atoms with Gasteiger partial charge in [0.1, 0.15) is 11.6 Å². The summed E-state index contributed by atoms with van der Waals surface area (Å²) in [6.45, 7) is 1.72. The standard InChI is InChI=1S/C12H13FN4/c1-8-10(13)3-2-4-11(8)16-9-5-6-15-12(7-9)17-14/h2-7H,14H2,1H3,(H2,15,16,17). The Morgan fingerprint density at radius 1 is 1.29 bits per heavy atom. The van der Waals surface area contributed by atoms with Gasteiger partial charge in [0.25, 0.3) is 0 Å². The Morgan fingerprint density at radius 2 is 2.12 bits per heavy atom. The minimum Gasteiger partial charge on any atom is -0.355 e. The number of nitrogens with two attached hydrogens (primary N) is 1. The van der Waals surface area contributed by atoms with E-state index in [1.807, 2.05) is 6.07 Å². The summed E-state index contributed by atoms with van der Waals surface area (Å²) in [5.74, 6) is 5.58. The fourth-order valence-corrected chi connectivity index (χ4v) is 1.49. The molecule has 0 saturated carbocycles. The number of hydrazine groups is 1. The van der Waals surface area contributed by atoms with E-state index in [2.05, 4.69) is 15.7 Å². The second-order valence-electron chi connectivity index (χ2n) is 3.61. The van der Waals surface area contributed by atoms with Crippen molar-refractivity contribution in [3.05, 3.63) is 47.9 Å². The van der Waals surface area contributed by atoms with E-state index in [1.165, 1.54) is 6.07 Å². The van der Waals surface area contributed by atoms with Crippen LogP contribution in [0, 0.1) is 12.7 Å². The van der Waals surface area contributed by atoms with E-state index >= 15 is 0 Å². The van der Waals surface area contributed by atoms with Gasteiger partial charge in [-0.1, -0.05) is 6.07 Å². The molecule has 0 atom stereocenters. The zero-order valence-electron chi connectivity index (χ0n) is 9.37. The smallest absolute Gasteiger partial charge is 0.141 e. The first-order valence-corrected chi connectivity index (χ1v) is 5.15. The van der Waals surface area contributed by atoms with Crippen molar-refractivity contribution in [3.8, 4) is 0 Å². The molecule has 4 N–H and O–H groups in total. The molecule has 0 aliphatic rings. The third kappa shape index (κ3) is 2.51. The van der Waals surface area contributed by atoms with E-state index in [1.54, 1.807) is 31.3 Å². The highest BCUT2D eigenvalue weighted by molar-refractivity contribution is 5.65. The topological polar surface area (TPSA) is 63.0 Å². The predicted octanol–water partition coefficient (Wildman–Crippen LogP) is 2.56. The second-order valence-corrected chi connectivity index (χ2v) is 3.61. The Hall–Kier alpha value is -2.14. The number of rotatable bonds is 3. The van der Waals surface area contributed by atoms with Crippen molar-refractivity contribution in [2.75, 3.05) is 10.7 Å². The first-order valence-electron chi connectivity index (χ1n) is 5.15. The summed E-state index contributed by atoms with van der Waals surface area (Å²) in [5.41, 5.74) is 4.54. The number of nitrogen functional groups attached to an aromatic ring is 1. The molecule has 4 nitrogen and oxygen atoms in total. The minimum absolute atomic E-state index is 0.235. The highest BCUT2D eigenvalue weighted by Crippen LogP contribution is 2.22. The van der Waals surface area contributed by atoms with Crippen LogP contribution in [0.2, 0.25) is 0 Å². The predicted molar refractivity (Wildman–Crippen MR) is 66.5 cm³/mol. The van der Waals surface area contributed by atoms with E-state index in [4.69, 9.17) is 5.84 Å². The minimum atomic E-state index is -0.235. The molecule has 0 aliphatic heterocycles. The molecule has 0 unspecified atom stereocenters. The molecule has 0 spiro atoms. The lowest BCUT2D eigenvalue weighted by Gasteiger charge is -2.10. The molecular weight excluding hydrogens is 219 g/mol. The van der Waals surface area contributed by atoms with Gasteiger partial charge in [-0.15, -0.1) is 0 Å². The molecule has 0 aliphatic carbocycles. The lowest BCUT2D eigenvalue weighted by atomic mass is 10.2. The van der Waals surface area contributed by atoms with E-state index in [0.717, 1.165) is 11.4 Å². The van der Waals surface area contributed by atoms with Gasteiger partial charge in [0.05, 0.1) is 0 Å². The van der Waals surface area contributed by atoms with E-state index in [9.17, 15) is 4.39 Å². The number of halogens is 1. The maximum atomic E-state index is 13.3. The number of pyridine rings is 1. The van der Waals surface area contributed by atoms with Crippen LogP contribution in [-0.2, 0) is 0 Å². The molecule has 88 valence electrons. The Bertz CT molecular complexity index is 528. The molecule has 0 fully saturated rings. The van der Waals surface area contributed by atoms with E-state index in [-0.39, 0.29) is 5.82 Å². The Kier molecular flexibility index (Phi) is 3.20. The van der Waals surface area contributed by atoms with Crippen LogP contribution in [0.3, 0.4) is 0 Å². The molecule has 2 aromatic rings. The van der Waals surface area contributed by atoms with Crippen LogP contribution in [0.15, 0.2) is 36.5 Å². The van der Waals surface area contributed by atoms with Gasteiger partial charge in [-0.05, 0) is 25.1 Å². The second kappa shape index (κ2) is 4.80. The number of hydrogen-bond acceptors (Lipinski definition) is 4. The van der Waals surface area contributed by atoms with Crippen LogP contribution < -0.4 is 16.6 Å². The van der Waals surface area contributed by atoms with E-state index in [0.29, 0.717) is 11.4 Å². The average molecular weight is 232 g/mol.